The maximum Gasteiger partial charge on any atom is 0.264 e. The van der Waals surface area contributed by atoms with E-state index in [4.69, 9.17) is 27.9 Å². The molecule has 1 atom stereocenters. The van der Waals surface area contributed by atoms with Crippen LogP contribution >= 0.6 is 23.2 Å². The Morgan fingerprint density at radius 2 is 1.66 bits per heavy atom. The minimum Gasteiger partial charge on any atom is -0.496 e. The quantitative estimate of drug-likeness (QED) is 0.475. The molecule has 6 nitrogen and oxygen atoms in total. The summed E-state index contributed by atoms with van der Waals surface area (Å²) < 4.78 is 33.1. The van der Waals surface area contributed by atoms with Crippen molar-refractivity contribution in [3.05, 3.63) is 88.4 Å². The summed E-state index contributed by atoms with van der Waals surface area (Å²) >= 11 is 12.1. The van der Waals surface area contributed by atoms with E-state index in [1.165, 1.54) is 30.3 Å². The van der Waals surface area contributed by atoms with Crippen LogP contribution in [0.5, 0.6) is 5.75 Å². The molecule has 3 aromatic carbocycles. The fourth-order valence-electron chi connectivity index (χ4n) is 3.19. The average molecular weight is 493 g/mol. The monoisotopic (exact) mass is 492 g/mol. The Balaban J connectivity index is 1.92. The summed E-state index contributed by atoms with van der Waals surface area (Å²) in [4.78, 5) is 13.0. The minimum absolute atomic E-state index is 0.0525. The summed E-state index contributed by atoms with van der Waals surface area (Å²) in [6.07, 6.45) is 0. The van der Waals surface area contributed by atoms with Gasteiger partial charge in [-0.25, -0.2) is 8.42 Å². The highest BCUT2D eigenvalue weighted by atomic mass is 35.5. The number of carbonyl (C=O) groups is 1. The molecule has 168 valence electrons. The highest BCUT2D eigenvalue weighted by Gasteiger charge is 2.28. The predicted molar refractivity (Wildman–Crippen MR) is 127 cm³/mol. The van der Waals surface area contributed by atoms with Crippen LogP contribution in [0.25, 0.3) is 0 Å². The number of hydrogen-bond donors (Lipinski definition) is 1. The van der Waals surface area contributed by atoms with E-state index in [0.717, 1.165) is 9.87 Å². The molecule has 1 unspecified atom stereocenters. The third kappa shape index (κ3) is 5.35. The first-order valence-corrected chi connectivity index (χ1v) is 11.9. The van der Waals surface area contributed by atoms with Crippen LogP contribution in [-0.4, -0.2) is 28.0 Å². The number of anilines is 1. The zero-order valence-corrected chi connectivity index (χ0v) is 19.8. The standard InChI is InChI=1S/C23H22Cl2N2O4S/c1-16(19-10-6-7-11-22(19)31-2)26-23(28)15-27(17-12-13-20(24)21(25)14-17)32(29,30)18-8-4-3-5-9-18/h3-14,16H,15H2,1-2H3,(H,26,28). The second-order valence-electron chi connectivity index (χ2n) is 6.95. The Morgan fingerprint density at radius 3 is 2.31 bits per heavy atom. The normalized spacial score (nSPS) is 12.1. The summed E-state index contributed by atoms with van der Waals surface area (Å²) in [5, 5.41) is 3.30. The van der Waals surface area contributed by atoms with Crippen molar-refractivity contribution < 1.29 is 17.9 Å². The Hall–Kier alpha value is -2.74. The van der Waals surface area contributed by atoms with Crippen LogP contribution in [0.15, 0.2) is 77.7 Å². The number of nitrogens with one attached hydrogen (secondary N) is 1. The first-order chi connectivity index (χ1) is 15.2. The molecular formula is C23H22Cl2N2O4S. The van der Waals surface area contributed by atoms with Crippen LogP contribution in [0.4, 0.5) is 5.69 Å². The lowest BCUT2D eigenvalue weighted by molar-refractivity contribution is -0.120. The van der Waals surface area contributed by atoms with Gasteiger partial charge in [-0.15, -0.1) is 0 Å². The van der Waals surface area contributed by atoms with E-state index in [2.05, 4.69) is 5.32 Å². The molecule has 0 fully saturated rings. The largest absolute Gasteiger partial charge is 0.496 e. The molecule has 0 radical (unpaired) electrons. The van der Waals surface area contributed by atoms with Crippen molar-refractivity contribution in [1.29, 1.82) is 0 Å². The lowest BCUT2D eigenvalue weighted by Crippen LogP contribution is -2.41. The molecule has 1 amide bonds. The number of methoxy groups -OCH3 is 1. The molecule has 0 heterocycles. The lowest BCUT2D eigenvalue weighted by Gasteiger charge is -2.25. The predicted octanol–water partition coefficient (Wildman–Crippen LogP) is 5.07. The molecule has 0 aliphatic rings. The Kier molecular flexibility index (Phi) is 7.66. The first kappa shape index (κ1) is 23.9. The maximum atomic E-state index is 13.4. The van der Waals surface area contributed by atoms with E-state index in [1.54, 1.807) is 38.3 Å². The van der Waals surface area contributed by atoms with Gasteiger partial charge in [0.2, 0.25) is 5.91 Å². The molecule has 3 rings (SSSR count). The van der Waals surface area contributed by atoms with Crippen LogP contribution < -0.4 is 14.4 Å². The van der Waals surface area contributed by atoms with Gasteiger partial charge < -0.3 is 10.1 Å². The van der Waals surface area contributed by atoms with Gasteiger partial charge in [-0.2, -0.15) is 0 Å². The fraction of sp³-hybridized carbons (Fsp3) is 0.174. The Bertz CT molecular complexity index is 1200. The molecule has 9 heteroatoms. The molecule has 32 heavy (non-hydrogen) atoms. The number of para-hydroxylation sites is 1. The van der Waals surface area contributed by atoms with Crippen molar-refractivity contribution in [3.8, 4) is 5.75 Å². The van der Waals surface area contributed by atoms with Crippen molar-refractivity contribution in [2.75, 3.05) is 18.0 Å². The molecule has 0 spiro atoms. The molecule has 0 aromatic heterocycles. The van der Waals surface area contributed by atoms with Crippen LogP contribution in [0.1, 0.15) is 18.5 Å². The van der Waals surface area contributed by atoms with Gasteiger partial charge in [0.25, 0.3) is 10.0 Å². The lowest BCUT2D eigenvalue weighted by atomic mass is 10.1. The molecule has 1 N–H and O–H groups in total. The maximum absolute atomic E-state index is 13.4. The summed E-state index contributed by atoms with van der Waals surface area (Å²) in [5.41, 5.74) is 0.999. The van der Waals surface area contributed by atoms with Gasteiger partial charge in [-0.05, 0) is 43.3 Å². The smallest absolute Gasteiger partial charge is 0.264 e. The van der Waals surface area contributed by atoms with E-state index >= 15 is 0 Å². The third-order valence-electron chi connectivity index (χ3n) is 4.79. The van der Waals surface area contributed by atoms with Gasteiger partial charge in [0.15, 0.2) is 0 Å². The van der Waals surface area contributed by atoms with Crippen molar-refractivity contribution in [3.63, 3.8) is 0 Å². The second kappa shape index (κ2) is 10.3. The van der Waals surface area contributed by atoms with Crippen molar-refractivity contribution >= 4 is 44.8 Å². The van der Waals surface area contributed by atoms with Gasteiger partial charge in [-0.3, -0.25) is 9.10 Å². The highest BCUT2D eigenvalue weighted by molar-refractivity contribution is 7.92. The summed E-state index contributed by atoms with van der Waals surface area (Å²) in [6.45, 7) is 1.35. The van der Waals surface area contributed by atoms with E-state index in [0.29, 0.717) is 5.75 Å². The topological polar surface area (TPSA) is 75.7 Å². The van der Waals surface area contributed by atoms with Gasteiger partial charge in [-0.1, -0.05) is 59.6 Å². The van der Waals surface area contributed by atoms with Crippen LogP contribution in [0.3, 0.4) is 0 Å². The zero-order valence-electron chi connectivity index (χ0n) is 17.5. The van der Waals surface area contributed by atoms with Crippen molar-refractivity contribution in [2.45, 2.75) is 17.9 Å². The van der Waals surface area contributed by atoms with Gasteiger partial charge in [0.05, 0.1) is 33.8 Å². The molecule has 0 aliphatic carbocycles. The second-order valence-corrected chi connectivity index (χ2v) is 9.63. The molecule has 3 aromatic rings. The highest BCUT2D eigenvalue weighted by Crippen LogP contribution is 2.31. The number of nitrogens with zero attached hydrogens (tertiary/aromatic N) is 1. The number of halogens is 2. The SMILES string of the molecule is COc1ccccc1C(C)NC(=O)CN(c1ccc(Cl)c(Cl)c1)S(=O)(=O)c1ccccc1. The molecule has 0 saturated heterocycles. The number of hydrogen-bond acceptors (Lipinski definition) is 4. The molecule has 0 bridgehead atoms. The Labute approximate surface area is 197 Å². The van der Waals surface area contributed by atoms with Gasteiger partial charge in [0.1, 0.15) is 12.3 Å². The molecular weight excluding hydrogens is 471 g/mol. The van der Waals surface area contributed by atoms with Crippen LogP contribution in [-0.2, 0) is 14.8 Å². The number of benzene rings is 3. The van der Waals surface area contributed by atoms with Crippen molar-refractivity contribution in [1.82, 2.24) is 5.32 Å². The van der Waals surface area contributed by atoms with E-state index < -0.39 is 28.5 Å². The van der Waals surface area contributed by atoms with Crippen molar-refractivity contribution in [2.24, 2.45) is 0 Å². The van der Waals surface area contributed by atoms with Crippen LogP contribution in [0, 0.1) is 0 Å². The number of rotatable bonds is 8. The van der Waals surface area contributed by atoms with E-state index in [9.17, 15) is 13.2 Å². The number of ether oxygens (including phenoxy) is 1. The number of sulfonamides is 1. The first-order valence-electron chi connectivity index (χ1n) is 9.69. The van der Waals surface area contributed by atoms with E-state index in [1.807, 2.05) is 18.2 Å². The third-order valence-corrected chi connectivity index (χ3v) is 7.32. The summed E-state index contributed by atoms with van der Waals surface area (Å²) in [5.74, 6) is 0.132. The minimum atomic E-state index is -4.05. The zero-order chi connectivity index (χ0) is 23.3. The van der Waals surface area contributed by atoms with Gasteiger partial charge >= 0.3 is 0 Å². The number of amides is 1. The fourth-order valence-corrected chi connectivity index (χ4v) is 4.92. The summed E-state index contributed by atoms with van der Waals surface area (Å²) in [7, 11) is -2.50. The number of carbonyl (C=O) groups excluding carboxylic acids is 1. The molecule has 0 saturated carbocycles. The summed E-state index contributed by atoms with van der Waals surface area (Å²) in [6, 6.07) is 19.2. The average Bonchev–Trinajstić information content (AvgIpc) is 2.79. The Morgan fingerprint density at radius 1 is 1.00 bits per heavy atom. The van der Waals surface area contributed by atoms with Gasteiger partial charge in [0, 0.05) is 5.56 Å². The van der Waals surface area contributed by atoms with Crippen LogP contribution in [0.2, 0.25) is 10.0 Å². The van der Waals surface area contributed by atoms with E-state index in [-0.39, 0.29) is 20.6 Å². The molecule has 0 aliphatic heterocycles.